The van der Waals surface area contributed by atoms with Crippen molar-refractivity contribution in [3.8, 4) is 0 Å². The summed E-state index contributed by atoms with van der Waals surface area (Å²) in [6.45, 7) is 4.02. The third kappa shape index (κ3) is 3.50. The molecule has 0 saturated heterocycles. The van der Waals surface area contributed by atoms with Crippen molar-refractivity contribution in [2.45, 2.75) is 31.3 Å². The average molecular weight is 246 g/mol. The van der Waals surface area contributed by atoms with E-state index in [0.29, 0.717) is 16.5 Å². The molecule has 2 N–H and O–H groups in total. The van der Waals surface area contributed by atoms with Crippen LogP contribution in [0, 0.1) is 0 Å². The summed E-state index contributed by atoms with van der Waals surface area (Å²) in [4.78, 5) is 0. The Morgan fingerprint density at radius 3 is 2.73 bits per heavy atom. The number of benzene rings is 1. The minimum atomic E-state index is -0.858. The van der Waals surface area contributed by atoms with Crippen molar-refractivity contribution in [1.82, 2.24) is 0 Å². The molecule has 1 rings (SSSR count). The number of hydrogen-bond acceptors (Lipinski definition) is 2. The van der Waals surface area contributed by atoms with Gasteiger partial charge in [0.25, 0.3) is 0 Å². The van der Waals surface area contributed by atoms with E-state index in [2.05, 4.69) is 0 Å². The molecule has 0 fully saturated rings. The van der Waals surface area contributed by atoms with Crippen LogP contribution in [0.15, 0.2) is 18.2 Å². The van der Waals surface area contributed by atoms with E-state index in [1.165, 1.54) is 0 Å². The first-order chi connectivity index (χ1) is 7.04. The molecule has 2 unspecified atom stereocenters. The first-order valence-electron chi connectivity index (χ1n) is 4.95. The molecule has 0 aliphatic rings. The first kappa shape index (κ1) is 12.5. The van der Waals surface area contributed by atoms with Crippen LogP contribution in [0.4, 0.5) is 5.69 Å². The van der Waals surface area contributed by atoms with E-state index in [4.69, 9.17) is 17.3 Å². The monoisotopic (exact) mass is 245 g/mol. The second kappa shape index (κ2) is 5.52. The van der Waals surface area contributed by atoms with Gasteiger partial charge in [-0.15, -0.1) is 0 Å². The predicted molar refractivity (Wildman–Crippen MR) is 67.5 cm³/mol. The number of hydrogen-bond donors (Lipinski definition) is 1. The van der Waals surface area contributed by atoms with Gasteiger partial charge in [0.1, 0.15) is 0 Å². The lowest BCUT2D eigenvalue weighted by Gasteiger charge is -2.10. The van der Waals surface area contributed by atoms with E-state index in [1.54, 1.807) is 12.1 Å². The van der Waals surface area contributed by atoms with Crippen LogP contribution in [0.2, 0.25) is 5.02 Å². The summed E-state index contributed by atoms with van der Waals surface area (Å²) in [6.07, 6.45) is 0.916. The molecule has 0 aliphatic carbocycles. The number of rotatable bonds is 4. The maximum Gasteiger partial charge on any atom is 0.0503 e. The highest BCUT2D eigenvalue weighted by atomic mass is 35.5. The average Bonchev–Trinajstić information content (AvgIpc) is 2.20. The van der Waals surface area contributed by atoms with Crippen molar-refractivity contribution in [2.24, 2.45) is 0 Å². The van der Waals surface area contributed by atoms with Gasteiger partial charge in [0.2, 0.25) is 0 Å². The van der Waals surface area contributed by atoms with Gasteiger partial charge < -0.3 is 5.73 Å². The molecule has 2 nitrogen and oxygen atoms in total. The molecule has 84 valence electrons. The summed E-state index contributed by atoms with van der Waals surface area (Å²) in [7, 11) is -0.858. The zero-order valence-electron chi connectivity index (χ0n) is 9.00. The van der Waals surface area contributed by atoms with Gasteiger partial charge in [-0.1, -0.05) is 31.5 Å². The van der Waals surface area contributed by atoms with Gasteiger partial charge >= 0.3 is 0 Å². The maximum absolute atomic E-state index is 11.8. The van der Waals surface area contributed by atoms with Crippen LogP contribution < -0.4 is 5.73 Å². The molecule has 0 aromatic heterocycles. The van der Waals surface area contributed by atoms with E-state index < -0.39 is 10.8 Å². The highest BCUT2D eigenvalue weighted by molar-refractivity contribution is 7.84. The molecular formula is C11H16ClNOS. The molecule has 0 aliphatic heterocycles. The fraction of sp³-hybridized carbons (Fsp3) is 0.455. The zero-order chi connectivity index (χ0) is 11.4. The standard InChI is InChI=1S/C11H16ClNOS/c1-3-8(2)15(14)7-9-4-5-10(13)6-11(9)12/h4-6,8H,3,7,13H2,1-2H3. The lowest BCUT2D eigenvalue weighted by molar-refractivity contribution is 0.669. The van der Waals surface area contributed by atoms with Crippen molar-refractivity contribution in [3.63, 3.8) is 0 Å². The van der Waals surface area contributed by atoms with Crippen LogP contribution in [0.3, 0.4) is 0 Å². The second-order valence-corrected chi connectivity index (χ2v) is 5.86. The van der Waals surface area contributed by atoms with Gasteiger partial charge in [-0.25, -0.2) is 0 Å². The molecule has 0 heterocycles. The lowest BCUT2D eigenvalue weighted by Crippen LogP contribution is -2.11. The van der Waals surface area contributed by atoms with Crippen LogP contribution >= 0.6 is 11.6 Å². The van der Waals surface area contributed by atoms with Crippen molar-refractivity contribution >= 4 is 28.1 Å². The molecule has 0 spiro atoms. The van der Waals surface area contributed by atoms with Gasteiger partial charge in [-0.05, 0) is 24.1 Å². The summed E-state index contributed by atoms with van der Waals surface area (Å²) in [5, 5.41) is 0.810. The Bertz CT molecular complexity index is 368. The molecule has 0 saturated carbocycles. The summed E-state index contributed by atoms with van der Waals surface area (Å²) in [5.74, 6) is 0.508. The van der Waals surface area contributed by atoms with Gasteiger partial charge in [0.15, 0.2) is 0 Å². The fourth-order valence-electron chi connectivity index (χ4n) is 1.16. The molecule has 2 atom stereocenters. The van der Waals surface area contributed by atoms with Crippen LogP contribution in [0.25, 0.3) is 0 Å². The molecular weight excluding hydrogens is 230 g/mol. The molecule has 0 radical (unpaired) electrons. The Balaban J connectivity index is 2.77. The Labute approximate surface area is 98.3 Å². The molecule has 1 aromatic rings. The summed E-state index contributed by atoms with van der Waals surface area (Å²) < 4.78 is 11.8. The highest BCUT2D eigenvalue weighted by Gasteiger charge is 2.11. The van der Waals surface area contributed by atoms with E-state index in [1.807, 2.05) is 19.9 Å². The van der Waals surface area contributed by atoms with E-state index >= 15 is 0 Å². The minimum absolute atomic E-state index is 0.207. The van der Waals surface area contributed by atoms with E-state index in [-0.39, 0.29) is 5.25 Å². The Morgan fingerprint density at radius 2 is 2.20 bits per heavy atom. The maximum atomic E-state index is 11.8. The van der Waals surface area contributed by atoms with Gasteiger partial charge in [0.05, 0.1) is 5.75 Å². The van der Waals surface area contributed by atoms with Crippen LogP contribution in [0.1, 0.15) is 25.8 Å². The highest BCUT2D eigenvalue weighted by Crippen LogP contribution is 2.21. The number of nitrogens with two attached hydrogens (primary N) is 1. The molecule has 0 amide bonds. The van der Waals surface area contributed by atoms with Crippen molar-refractivity contribution < 1.29 is 4.21 Å². The zero-order valence-corrected chi connectivity index (χ0v) is 10.6. The quantitative estimate of drug-likeness (QED) is 0.829. The molecule has 15 heavy (non-hydrogen) atoms. The summed E-state index contributed by atoms with van der Waals surface area (Å²) in [6, 6.07) is 5.33. The smallest absolute Gasteiger partial charge is 0.0503 e. The predicted octanol–water partition coefficient (Wildman–Crippen LogP) is 2.97. The molecule has 0 bridgehead atoms. The Morgan fingerprint density at radius 1 is 1.53 bits per heavy atom. The van der Waals surface area contributed by atoms with Gasteiger partial charge in [-0.2, -0.15) is 0 Å². The molecule has 1 aromatic carbocycles. The molecule has 4 heteroatoms. The summed E-state index contributed by atoms with van der Waals surface area (Å²) >= 11 is 6.01. The van der Waals surface area contributed by atoms with Gasteiger partial charge in [-0.3, -0.25) is 4.21 Å². The normalized spacial score (nSPS) is 14.9. The first-order valence-corrected chi connectivity index (χ1v) is 6.71. The fourth-order valence-corrected chi connectivity index (χ4v) is 2.71. The van der Waals surface area contributed by atoms with E-state index in [9.17, 15) is 4.21 Å². The van der Waals surface area contributed by atoms with Crippen molar-refractivity contribution in [3.05, 3.63) is 28.8 Å². The topological polar surface area (TPSA) is 43.1 Å². The Hall–Kier alpha value is -0.540. The van der Waals surface area contributed by atoms with Crippen molar-refractivity contribution in [2.75, 3.05) is 5.73 Å². The third-order valence-electron chi connectivity index (χ3n) is 2.40. The Kier molecular flexibility index (Phi) is 4.61. The second-order valence-electron chi connectivity index (χ2n) is 3.59. The number of nitrogen functional groups attached to an aromatic ring is 1. The van der Waals surface area contributed by atoms with Crippen LogP contribution in [-0.4, -0.2) is 9.46 Å². The van der Waals surface area contributed by atoms with Crippen molar-refractivity contribution in [1.29, 1.82) is 0 Å². The summed E-state index contributed by atoms with van der Waals surface area (Å²) in [5.41, 5.74) is 7.13. The largest absolute Gasteiger partial charge is 0.399 e. The minimum Gasteiger partial charge on any atom is -0.399 e. The number of halogens is 1. The lowest BCUT2D eigenvalue weighted by atomic mass is 10.2. The third-order valence-corrected chi connectivity index (χ3v) is 4.58. The van der Waals surface area contributed by atoms with Gasteiger partial charge in [0, 0.05) is 26.8 Å². The SMILES string of the molecule is CCC(C)S(=O)Cc1ccc(N)cc1Cl. The number of anilines is 1. The van der Waals surface area contributed by atoms with Crippen LogP contribution in [0.5, 0.6) is 0 Å². The van der Waals surface area contributed by atoms with Crippen LogP contribution in [-0.2, 0) is 16.6 Å². The van der Waals surface area contributed by atoms with E-state index in [0.717, 1.165) is 12.0 Å².